The molecule has 0 unspecified atom stereocenters. The van der Waals surface area contributed by atoms with Crippen LogP contribution in [0.3, 0.4) is 0 Å². The van der Waals surface area contributed by atoms with Crippen molar-refractivity contribution in [3.63, 3.8) is 0 Å². The van der Waals surface area contributed by atoms with Crippen LogP contribution in [0.4, 0.5) is 0 Å². The summed E-state index contributed by atoms with van der Waals surface area (Å²) in [6.07, 6.45) is 0.948. The van der Waals surface area contributed by atoms with Gasteiger partial charge in [0.2, 0.25) is 0 Å². The van der Waals surface area contributed by atoms with Crippen molar-refractivity contribution >= 4 is 24.3 Å². The molecule has 0 saturated heterocycles. The molecule has 0 N–H and O–H groups in total. The van der Waals surface area contributed by atoms with Crippen molar-refractivity contribution in [3.05, 3.63) is 29.8 Å². The Labute approximate surface area is 90.7 Å². The van der Waals surface area contributed by atoms with Crippen molar-refractivity contribution in [1.82, 2.24) is 4.98 Å². The van der Waals surface area contributed by atoms with E-state index in [1.54, 1.807) is 13.2 Å². The number of methoxy groups -OCH3 is 1. The third kappa shape index (κ3) is 1.69. The molecular weight excluding hydrogens is 185 g/mol. The number of pyridine rings is 1. The minimum Gasteiger partial charge on any atom is -0.496 e. The first-order valence-electron chi connectivity index (χ1n) is 4.98. The highest BCUT2D eigenvalue weighted by molar-refractivity contribution is 6.31. The van der Waals surface area contributed by atoms with E-state index < -0.39 is 0 Å². The van der Waals surface area contributed by atoms with Crippen LogP contribution in [0.5, 0.6) is 5.75 Å². The lowest BCUT2D eigenvalue weighted by atomic mass is 10.0. The summed E-state index contributed by atoms with van der Waals surface area (Å²) in [4.78, 5) is 4.26. The van der Waals surface area contributed by atoms with Crippen LogP contribution in [-0.2, 0) is 6.42 Å². The molecule has 1 heterocycles. The lowest BCUT2D eigenvalue weighted by Gasteiger charge is -2.10. The van der Waals surface area contributed by atoms with Gasteiger partial charge in [-0.15, -0.1) is 0 Å². The Kier molecular flexibility index (Phi) is 2.63. The Morgan fingerprint density at radius 2 is 2.07 bits per heavy atom. The van der Waals surface area contributed by atoms with Crippen LogP contribution < -0.4 is 10.3 Å². The summed E-state index contributed by atoms with van der Waals surface area (Å²) in [5.41, 5.74) is 2.61. The molecule has 0 fully saturated rings. The summed E-state index contributed by atoms with van der Waals surface area (Å²) in [7, 11) is 7.32. The predicted molar refractivity (Wildman–Crippen MR) is 63.1 cm³/mol. The molecular formula is C12H12BNO. The maximum atomic E-state index is 5.63. The van der Waals surface area contributed by atoms with Crippen LogP contribution in [0, 0.1) is 0 Å². The van der Waals surface area contributed by atoms with Gasteiger partial charge in [0, 0.05) is 5.39 Å². The molecule has 3 heteroatoms. The number of hydrogen-bond acceptors (Lipinski definition) is 2. The van der Waals surface area contributed by atoms with Gasteiger partial charge in [0.15, 0.2) is 0 Å². The quantitative estimate of drug-likeness (QED) is 0.682. The first kappa shape index (κ1) is 10.0. The highest BCUT2D eigenvalue weighted by atomic mass is 16.5. The fourth-order valence-corrected chi connectivity index (χ4v) is 1.76. The van der Waals surface area contributed by atoms with E-state index in [0.717, 1.165) is 23.1 Å². The Bertz CT molecular complexity index is 496. The molecule has 0 amide bonds. The number of rotatable bonds is 2. The summed E-state index contributed by atoms with van der Waals surface area (Å²) in [5, 5.41) is 1.02. The SMILES string of the molecule is [B]c1ccc2c(OC)c(CC)ccc2n1. The van der Waals surface area contributed by atoms with Crippen molar-refractivity contribution in [2.75, 3.05) is 7.11 Å². The monoisotopic (exact) mass is 197 g/mol. The molecule has 2 nitrogen and oxygen atoms in total. The Morgan fingerprint density at radius 3 is 2.73 bits per heavy atom. The first-order valence-corrected chi connectivity index (χ1v) is 4.98. The molecule has 1 aromatic carbocycles. The van der Waals surface area contributed by atoms with Crippen molar-refractivity contribution in [2.45, 2.75) is 13.3 Å². The number of ether oxygens (including phenoxy) is 1. The van der Waals surface area contributed by atoms with Crippen LogP contribution >= 0.6 is 0 Å². The van der Waals surface area contributed by atoms with Gasteiger partial charge in [0.1, 0.15) is 13.6 Å². The molecule has 1 aromatic heterocycles. The fourth-order valence-electron chi connectivity index (χ4n) is 1.76. The lowest BCUT2D eigenvalue weighted by Crippen LogP contribution is -2.07. The van der Waals surface area contributed by atoms with Crippen LogP contribution in [0.25, 0.3) is 10.9 Å². The van der Waals surface area contributed by atoms with Crippen molar-refractivity contribution < 1.29 is 4.74 Å². The van der Waals surface area contributed by atoms with E-state index in [1.807, 2.05) is 18.2 Å². The zero-order chi connectivity index (χ0) is 10.8. The zero-order valence-corrected chi connectivity index (χ0v) is 8.95. The van der Waals surface area contributed by atoms with Gasteiger partial charge in [-0.1, -0.05) is 19.1 Å². The summed E-state index contributed by atoms with van der Waals surface area (Å²) in [5.74, 6) is 0.905. The Morgan fingerprint density at radius 1 is 1.27 bits per heavy atom. The maximum Gasteiger partial charge on any atom is 0.141 e. The Hall–Kier alpha value is -1.51. The maximum absolute atomic E-state index is 5.63. The van der Waals surface area contributed by atoms with Gasteiger partial charge in [0.25, 0.3) is 0 Å². The second-order valence-corrected chi connectivity index (χ2v) is 3.41. The molecule has 74 valence electrons. The van der Waals surface area contributed by atoms with Crippen molar-refractivity contribution in [1.29, 1.82) is 0 Å². The third-order valence-corrected chi connectivity index (χ3v) is 2.51. The van der Waals surface area contributed by atoms with Gasteiger partial charge >= 0.3 is 0 Å². The number of benzene rings is 1. The van der Waals surface area contributed by atoms with E-state index in [1.165, 1.54) is 5.56 Å². The van der Waals surface area contributed by atoms with E-state index in [0.29, 0.717) is 5.59 Å². The first-order chi connectivity index (χ1) is 7.26. The molecule has 0 saturated carbocycles. The Balaban J connectivity index is 2.76. The smallest absolute Gasteiger partial charge is 0.141 e. The second kappa shape index (κ2) is 3.93. The van der Waals surface area contributed by atoms with Crippen LogP contribution in [0.15, 0.2) is 24.3 Å². The number of fused-ring (bicyclic) bond motifs is 1. The van der Waals surface area contributed by atoms with Gasteiger partial charge in [-0.2, -0.15) is 0 Å². The number of aryl methyl sites for hydroxylation is 1. The largest absolute Gasteiger partial charge is 0.496 e. The lowest BCUT2D eigenvalue weighted by molar-refractivity contribution is 0.415. The molecule has 0 atom stereocenters. The minimum absolute atomic E-state index is 0.536. The van der Waals surface area contributed by atoms with E-state index in [-0.39, 0.29) is 0 Å². The summed E-state index contributed by atoms with van der Waals surface area (Å²) >= 11 is 0. The highest BCUT2D eigenvalue weighted by Crippen LogP contribution is 2.28. The highest BCUT2D eigenvalue weighted by Gasteiger charge is 2.07. The van der Waals surface area contributed by atoms with Crippen LogP contribution in [-0.4, -0.2) is 19.9 Å². The average molecular weight is 197 g/mol. The van der Waals surface area contributed by atoms with Crippen molar-refractivity contribution in [3.8, 4) is 5.75 Å². The van der Waals surface area contributed by atoms with Gasteiger partial charge in [-0.3, -0.25) is 4.98 Å². The topological polar surface area (TPSA) is 22.1 Å². The van der Waals surface area contributed by atoms with E-state index in [9.17, 15) is 0 Å². The molecule has 0 aliphatic heterocycles. The predicted octanol–water partition coefficient (Wildman–Crippen LogP) is 1.60. The number of nitrogens with zero attached hydrogens (tertiary/aromatic N) is 1. The van der Waals surface area contributed by atoms with Gasteiger partial charge < -0.3 is 4.74 Å². The van der Waals surface area contributed by atoms with Gasteiger partial charge in [-0.05, 0) is 29.7 Å². The molecule has 0 bridgehead atoms. The molecule has 2 radical (unpaired) electrons. The summed E-state index contributed by atoms with van der Waals surface area (Å²) < 4.78 is 5.41. The van der Waals surface area contributed by atoms with Crippen LogP contribution in [0.1, 0.15) is 12.5 Å². The molecule has 0 aliphatic rings. The average Bonchev–Trinajstić information content (AvgIpc) is 2.27. The van der Waals surface area contributed by atoms with Gasteiger partial charge in [-0.25, -0.2) is 0 Å². The van der Waals surface area contributed by atoms with Crippen molar-refractivity contribution in [2.24, 2.45) is 0 Å². The van der Waals surface area contributed by atoms with E-state index in [4.69, 9.17) is 12.6 Å². The summed E-state index contributed by atoms with van der Waals surface area (Å²) in [6, 6.07) is 7.76. The summed E-state index contributed by atoms with van der Waals surface area (Å²) in [6.45, 7) is 2.11. The van der Waals surface area contributed by atoms with Gasteiger partial charge in [0.05, 0.1) is 12.6 Å². The normalized spacial score (nSPS) is 10.5. The number of aromatic nitrogens is 1. The van der Waals surface area contributed by atoms with E-state index in [2.05, 4.69) is 11.9 Å². The minimum atomic E-state index is 0.536. The molecule has 15 heavy (non-hydrogen) atoms. The second-order valence-electron chi connectivity index (χ2n) is 3.41. The standard InChI is InChI=1S/C12H12BNO/c1-3-8-4-6-10-9(12(8)15-2)5-7-11(13)14-10/h4-7H,3H2,1-2H3. The van der Waals surface area contributed by atoms with Crippen LogP contribution in [0.2, 0.25) is 0 Å². The number of hydrogen-bond donors (Lipinski definition) is 0. The third-order valence-electron chi connectivity index (χ3n) is 2.51. The fraction of sp³-hybridized carbons (Fsp3) is 0.250. The molecule has 2 aromatic rings. The zero-order valence-electron chi connectivity index (χ0n) is 8.95. The van der Waals surface area contributed by atoms with E-state index >= 15 is 0 Å². The molecule has 2 rings (SSSR count). The molecule has 0 spiro atoms. The molecule has 0 aliphatic carbocycles.